The smallest absolute Gasteiger partial charge is 0.00940 e. The van der Waals surface area contributed by atoms with E-state index in [0.29, 0.717) is 5.41 Å². The Bertz CT molecular complexity index is 286. The van der Waals surface area contributed by atoms with Crippen LogP contribution in [0.5, 0.6) is 0 Å². The number of hydrogen-bond donors (Lipinski definition) is 1. The van der Waals surface area contributed by atoms with E-state index >= 15 is 0 Å². The first-order chi connectivity index (χ1) is 9.99. The summed E-state index contributed by atoms with van der Waals surface area (Å²) in [5, 5.41) is 4.01. The van der Waals surface area contributed by atoms with Gasteiger partial charge in [0.25, 0.3) is 0 Å². The van der Waals surface area contributed by atoms with Crippen LogP contribution in [0.2, 0.25) is 0 Å². The van der Waals surface area contributed by atoms with Crippen molar-refractivity contribution in [3.63, 3.8) is 0 Å². The summed E-state index contributed by atoms with van der Waals surface area (Å²) in [4.78, 5) is 2.64. The fraction of sp³-hybridized carbons (Fsp3) is 1.00. The lowest BCUT2D eigenvalue weighted by Gasteiger charge is -2.34. The van der Waals surface area contributed by atoms with E-state index in [1.807, 2.05) is 0 Å². The van der Waals surface area contributed by atoms with Crippen LogP contribution in [0, 0.1) is 11.3 Å². The third-order valence-electron chi connectivity index (χ3n) is 5.79. The highest BCUT2D eigenvalue weighted by Gasteiger charge is 2.29. The molecule has 2 heteroatoms. The molecule has 2 aliphatic rings. The second-order valence-corrected chi connectivity index (χ2v) is 8.55. The molecule has 0 bridgehead atoms. The van der Waals surface area contributed by atoms with Crippen LogP contribution >= 0.6 is 0 Å². The zero-order valence-electron chi connectivity index (χ0n) is 15.0. The molecular formula is C19H38N2. The highest BCUT2D eigenvalue weighted by atomic mass is 15.1. The van der Waals surface area contributed by atoms with Gasteiger partial charge in [0, 0.05) is 12.1 Å². The number of hydrogen-bond acceptors (Lipinski definition) is 2. The van der Waals surface area contributed by atoms with Crippen molar-refractivity contribution in [3.05, 3.63) is 0 Å². The van der Waals surface area contributed by atoms with Crippen molar-refractivity contribution in [2.24, 2.45) is 11.3 Å². The quantitative estimate of drug-likeness (QED) is 0.771. The summed E-state index contributed by atoms with van der Waals surface area (Å²) in [6.07, 6.45) is 11.1. The number of piperidine rings is 1. The van der Waals surface area contributed by atoms with Crippen LogP contribution in [0.25, 0.3) is 0 Å². The summed E-state index contributed by atoms with van der Waals surface area (Å²) in [5.41, 5.74) is 0.500. The van der Waals surface area contributed by atoms with Gasteiger partial charge in [0.15, 0.2) is 0 Å². The van der Waals surface area contributed by atoms with Crippen molar-refractivity contribution in [1.82, 2.24) is 10.2 Å². The lowest BCUT2D eigenvalue weighted by Crippen LogP contribution is -2.46. The predicted molar refractivity (Wildman–Crippen MR) is 92.7 cm³/mol. The molecule has 1 N–H and O–H groups in total. The molecule has 2 rings (SSSR count). The maximum absolute atomic E-state index is 4.01. The number of rotatable bonds is 4. The standard InChI is InChI=1S/C19H38N2/c1-5-13-21-14-11-18(12-15-21)20-17-8-6-7-16(9-10-17)19(2,3)4/h16-18,20H,5-15H2,1-4H3. The second-order valence-electron chi connectivity index (χ2n) is 8.55. The Balaban J connectivity index is 1.72. The molecule has 0 aromatic carbocycles. The van der Waals surface area contributed by atoms with Gasteiger partial charge in [-0.25, -0.2) is 0 Å². The maximum atomic E-state index is 4.01. The highest BCUT2D eigenvalue weighted by molar-refractivity contribution is 4.85. The van der Waals surface area contributed by atoms with Crippen LogP contribution in [-0.4, -0.2) is 36.6 Å². The van der Waals surface area contributed by atoms with Gasteiger partial charge in [-0.3, -0.25) is 0 Å². The third kappa shape index (κ3) is 5.56. The lowest BCUT2D eigenvalue weighted by atomic mass is 9.76. The van der Waals surface area contributed by atoms with Gasteiger partial charge in [-0.1, -0.05) is 34.1 Å². The van der Waals surface area contributed by atoms with Crippen LogP contribution in [0.4, 0.5) is 0 Å². The zero-order valence-corrected chi connectivity index (χ0v) is 15.0. The minimum atomic E-state index is 0.500. The van der Waals surface area contributed by atoms with Crippen LogP contribution in [0.1, 0.15) is 79.1 Å². The molecular weight excluding hydrogens is 256 g/mol. The number of nitrogens with zero attached hydrogens (tertiary/aromatic N) is 1. The Hall–Kier alpha value is -0.0800. The van der Waals surface area contributed by atoms with Gasteiger partial charge >= 0.3 is 0 Å². The van der Waals surface area contributed by atoms with Crippen molar-refractivity contribution in [1.29, 1.82) is 0 Å². The van der Waals surface area contributed by atoms with Crippen LogP contribution in [0.3, 0.4) is 0 Å². The van der Waals surface area contributed by atoms with E-state index in [-0.39, 0.29) is 0 Å². The van der Waals surface area contributed by atoms with Crippen molar-refractivity contribution in [2.45, 2.75) is 91.1 Å². The molecule has 21 heavy (non-hydrogen) atoms. The average Bonchev–Trinajstić information content (AvgIpc) is 2.66. The highest BCUT2D eigenvalue weighted by Crippen LogP contribution is 2.37. The van der Waals surface area contributed by atoms with E-state index in [1.54, 1.807) is 0 Å². The Labute approximate surface area is 133 Å². The average molecular weight is 295 g/mol. The van der Waals surface area contributed by atoms with Crippen molar-refractivity contribution in [3.8, 4) is 0 Å². The Kier molecular flexibility index (Phi) is 6.55. The molecule has 0 aromatic heterocycles. The number of nitrogens with one attached hydrogen (secondary N) is 1. The van der Waals surface area contributed by atoms with Gasteiger partial charge in [0.2, 0.25) is 0 Å². The summed E-state index contributed by atoms with van der Waals surface area (Å²) >= 11 is 0. The van der Waals surface area contributed by atoms with Crippen LogP contribution < -0.4 is 5.32 Å². The molecule has 1 saturated heterocycles. The summed E-state index contributed by atoms with van der Waals surface area (Å²) in [5.74, 6) is 0.927. The fourth-order valence-corrected chi connectivity index (χ4v) is 4.31. The first-order valence-corrected chi connectivity index (χ1v) is 9.47. The minimum absolute atomic E-state index is 0.500. The van der Waals surface area contributed by atoms with E-state index in [2.05, 4.69) is 37.9 Å². The Morgan fingerprint density at radius 1 is 0.905 bits per heavy atom. The van der Waals surface area contributed by atoms with Crippen molar-refractivity contribution in [2.75, 3.05) is 19.6 Å². The molecule has 1 aliphatic carbocycles. The van der Waals surface area contributed by atoms with Crippen molar-refractivity contribution < 1.29 is 0 Å². The Morgan fingerprint density at radius 2 is 1.57 bits per heavy atom. The summed E-state index contributed by atoms with van der Waals surface area (Å²) < 4.78 is 0. The van der Waals surface area contributed by atoms with Gasteiger partial charge in [-0.05, 0) is 75.9 Å². The Morgan fingerprint density at radius 3 is 2.19 bits per heavy atom. The molecule has 1 saturated carbocycles. The maximum Gasteiger partial charge on any atom is 0.00940 e. The first-order valence-electron chi connectivity index (χ1n) is 9.47. The van der Waals surface area contributed by atoms with Crippen LogP contribution in [-0.2, 0) is 0 Å². The fourth-order valence-electron chi connectivity index (χ4n) is 4.31. The van der Waals surface area contributed by atoms with Gasteiger partial charge in [0.05, 0.1) is 0 Å². The predicted octanol–water partition coefficient (Wildman–Crippen LogP) is 4.45. The second kappa shape index (κ2) is 7.97. The largest absolute Gasteiger partial charge is 0.311 e. The summed E-state index contributed by atoms with van der Waals surface area (Å²) in [7, 11) is 0. The molecule has 2 atom stereocenters. The van der Waals surface area contributed by atoms with E-state index in [0.717, 1.165) is 18.0 Å². The summed E-state index contributed by atoms with van der Waals surface area (Å²) in [6.45, 7) is 13.5. The molecule has 0 amide bonds. The SMILES string of the molecule is CCCN1CCC(NC2CCCC(C(C)(C)C)CC2)CC1. The first kappa shape index (κ1) is 17.3. The van der Waals surface area contributed by atoms with E-state index in [9.17, 15) is 0 Å². The molecule has 1 heterocycles. The molecule has 124 valence electrons. The third-order valence-corrected chi connectivity index (χ3v) is 5.79. The van der Waals surface area contributed by atoms with E-state index in [1.165, 1.54) is 71.0 Å². The van der Waals surface area contributed by atoms with Gasteiger partial charge in [-0.2, -0.15) is 0 Å². The van der Waals surface area contributed by atoms with Crippen molar-refractivity contribution >= 4 is 0 Å². The van der Waals surface area contributed by atoms with E-state index < -0.39 is 0 Å². The normalized spacial score (nSPS) is 30.3. The van der Waals surface area contributed by atoms with E-state index in [4.69, 9.17) is 0 Å². The molecule has 2 nitrogen and oxygen atoms in total. The number of likely N-dealkylation sites (tertiary alicyclic amines) is 1. The monoisotopic (exact) mass is 294 g/mol. The molecule has 1 aliphatic heterocycles. The zero-order chi connectivity index (χ0) is 15.3. The molecule has 0 spiro atoms. The topological polar surface area (TPSA) is 15.3 Å². The summed E-state index contributed by atoms with van der Waals surface area (Å²) in [6, 6.07) is 1.58. The van der Waals surface area contributed by atoms with Gasteiger partial charge < -0.3 is 10.2 Å². The van der Waals surface area contributed by atoms with Gasteiger partial charge in [0.1, 0.15) is 0 Å². The molecule has 2 fully saturated rings. The molecule has 0 radical (unpaired) electrons. The van der Waals surface area contributed by atoms with Crippen LogP contribution in [0.15, 0.2) is 0 Å². The van der Waals surface area contributed by atoms with Gasteiger partial charge in [-0.15, -0.1) is 0 Å². The lowest BCUT2D eigenvalue weighted by molar-refractivity contribution is 0.186. The molecule has 2 unspecified atom stereocenters. The minimum Gasteiger partial charge on any atom is -0.311 e. The molecule has 0 aromatic rings.